The van der Waals surface area contributed by atoms with Crippen LogP contribution in [0, 0.1) is 11.6 Å². The fourth-order valence-corrected chi connectivity index (χ4v) is 0.755. The molecule has 2 nitrogen and oxygen atoms in total. The zero-order valence-electron chi connectivity index (χ0n) is 4.62. The number of hydrogen-bond donors (Lipinski definition) is 1. The molecule has 0 saturated heterocycles. The first-order valence-electron chi connectivity index (χ1n) is 2.35. The van der Waals surface area contributed by atoms with Gasteiger partial charge >= 0.3 is 0 Å². The van der Waals surface area contributed by atoms with Crippen molar-refractivity contribution >= 4 is 15.9 Å². The lowest BCUT2D eigenvalue weighted by Crippen LogP contribution is -2.11. The molecule has 0 bridgehead atoms. The highest BCUT2D eigenvalue weighted by Crippen LogP contribution is 2.06. The minimum atomic E-state index is -1.23. The summed E-state index contributed by atoms with van der Waals surface area (Å²) in [6.07, 6.45) is 0.787. The molecule has 0 amide bonds. The Morgan fingerprint density at radius 1 is 1.50 bits per heavy atom. The zero-order chi connectivity index (χ0) is 7.72. The van der Waals surface area contributed by atoms with Crippen molar-refractivity contribution in [3.8, 4) is 0 Å². The van der Waals surface area contributed by atoms with Gasteiger partial charge in [-0.3, -0.25) is 4.79 Å². The van der Waals surface area contributed by atoms with E-state index in [0.29, 0.717) is 0 Å². The highest BCUT2D eigenvalue weighted by Gasteiger charge is 2.07. The maximum Gasteiger partial charge on any atom is 0.253 e. The van der Waals surface area contributed by atoms with Crippen LogP contribution in [0.25, 0.3) is 0 Å². The third-order valence-electron chi connectivity index (χ3n) is 0.935. The lowest BCUT2D eigenvalue weighted by atomic mass is 10.4. The summed E-state index contributed by atoms with van der Waals surface area (Å²) in [5, 5.41) is 0. The molecule has 1 heterocycles. The van der Waals surface area contributed by atoms with Gasteiger partial charge in [0.15, 0.2) is 5.82 Å². The van der Waals surface area contributed by atoms with E-state index in [1.807, 2.05) is 0 Å². The molecule has 0 saturated carbocycles. The molecule has 0 aromatic carbocycles. The lowest BCUT2D eigenvalue weighted by Gasteiger charge is -1.91. The Morgan fingerprint density at radius 3 is 2.60 bits per heavy atom. The third kappa shape index (κ3) is 1.09. The second kappa shape index (κ2) is 2.49. The highest BCUT2D eigenvalue weighted by molar-refractivity contribution is 9.10. The van der Waals surface area contributed by atoms with Crippen molar-refractivity contribution in [3.63, 3.8) is 0 Å². The third-order valence-corrected chi connectivity index (χ3v) is 1.51. The zero-order valence-corrected chi connectivity index (χ0v) is 6.21. The number of rotatable bonds is 0. The van der Waals surface area contributed by atoms with Crippen LogP contribution in [-0.4, -0.2) is 4.98 Å². The summed E-state index contributed by atoms with van der Waals surface area (Å²) in [6.45, 7) is 0. The smallest absolute Gasteiger partial charge is 0.253 e. The molecule has 1 aromatic heterocycles. The number of pyridine rings is 1. The topological polar surface area (TPSA) is 32.9 Å². The Bertz CT molecular complexity index is 309. The standard InChI is InChI=1S/C5H2BrF2NO/c6-5-3(8)4(10)2(7)1-9-5/h1H,(H,9,10). The Kier molecular flexibility index (Phi) is 1.85. The van der Waals surface area contributed by atoms with Crippen molar-refractivity contribution in [1.82, 2.24) is 4.98 Å². The normalized spacial score (nSPS) is 9.90. The Hall–Kier alpha value is -0.710. The van der Waals surface area contributed by atoms with Crippen molar-refractivity contribution in [2.45, 2.75) is 0 Å². The van der Waals surface area contributed by atoms with Gasteiger partial charge in [-0.05, 0) is 15.9 Å². The van der Waals surface area contributed by atoms with Crippen LogP contribution in [0.4, 0.5) is 8.78 Å². The number of aromatic nitrogens is 1. The molecule has 0 aliphatic carbocycles. The molecular formula is C5H2BrF2NO. The first-order chi connectivity index (χ1) is 4.63. The first kappa shape index (κ1) is 7.40. The monoisotopic (exact) mass is 209 g/mol. The SMILES string of the molecule is O=c1c(F)c[nH]c(Br)c1F. The van der Waals surface area contributed by atoms with Gasteiger partial charge < -0.3 is 4.98 Å². The van der Waals surface area contributed by atoms with E-state index in [9.17, 15) is 13.6 Å². The van der Waals surface area contributed by atoms with Crippen molar-refractivity contribution < 1.29 is 8.78 Å². The van der Waals surface area contributed by atoms with Gasteiger partial charge in [0.2, 0.25) is 5.82 Å². The van der Waals surface area contributed by atoms with Gasteiger partial charge in [0, 0.05) is 6.20 Å². The van der Waals surface area contributed by atoms with E-state index >= 15 is 0 Å². The van der Waals surface area contributed by atoms with E-state index in [2.05, 4.69) is 20.9 Å². The molecule has 1 N–H and O–H groups in total. The Labute approximate surface area is 63.0 Å². The average Bonchev–Trinajstić information content (AvgIpc) is 1.93. The summed E-state index contributed by atoms with van der Waals surface area (Å²) in [5.41, 5.74) is -1.23. The second-order valence-corrected chi connectivity index (χ2v) is 2.39. The van der Waals surface area contributed by atoms with Gasteiger partial charge in [-0.15, -0.1) is 0 Å². The van der Waals surface area contributed by atoms with E-state index in [4.69, 9.17) is 0 Å². The molecule has 1 aromatic rings. The fourth-order valence-electron chi connectivity index (χ4n) is 0.460. The Morgan fingerprint density at radius 2 is 2.10 bits per heavy atom. The van der Waals surface area contributed by atoms with Crippen molar-refractivity contribution in [2.75, 3.05) is 0 Å². The molecule has 1 rings (SSSR count). The largest absolute Gasteiger partial charge is 0.351 e. The summed E-state index contributed by atoms with van der Waals surface area (Å²) in [6, 6.07) is 0. The fraction of sp³-hybridized carbons (Fsp3) is 0. The maximum absolute atomic E-state index is 12.4. The molecule has 0 unspecified atom stereocenters. The molecule has 0 radical (unpaired) electrons. The summed E-state index contributed by atoms with van der Waals surface area (Å²) in [4.78, 5) is 12.6. The Balaban J connectivity index is 3.50. The van der Waals surface area contributed by atoms with Crippen LogP contribution in [0.3, 0.4) is 0 Å². The van der Waals surface area contributed by atoms with Crippen molar-refractivity contribution in [3.05, 3.63) is 32.7 Å². The molecular weight excluding hydrogens is 208 g/mol. The molecule has 10 heavy (non-hydrogen) atoms. The van der Waals surface area contributed by atoms with Crippen LogP contribution in [0.2, 0.25) is 0 Å². The van der Waals surface area contributed by atoms with Crippen LogP contribution in [0.1, 0.15) is 0 Å². The molecule has 0 atom stereocenters. The molecule has 0 aliphatic heterocycles. The van der Waals surface area contributed by atoms with E-state index in [1.165, 1.54) is 0 Å². The van der Waals surface area contributed by atoms with Crippen LogP contribution in [0.5, 0.6) is 0 Å². The van der Waals surface area contributed by atoms with E-state index in [0.717, 1.165) is 6.20 Å². The summed E-state index contributed by atoms with van der Waals surface area (Å²) < 4.78 is 24.4. The number of hydrogen-bond acceptors (Lipinski definition) is 1. The second-order valence-electron chi connectivity index (χ2n) is 1.59. The summed E-state index contributed by atoms with van der Waals surface area (Å²) >= 11 is 2.68. The molecule has 0 spiro atoms. The van der Waals surface area contributed by atoms with Gasteiger partial charge in [0.05, 0.1) is 0 Å². The molecule has 5 heteroatoms. The summed E-state index contributed by atoms with van der Waals surface area (Å²) in [7, 11) is 0. The number of nitrogens with one attached hydrogen (secondary N) is 1. The van der Waals surface area contributed by atoms with Crippen molar-refractivity contribution in [1.29, 1.82) is 0 Å². The van der Waals surface area contributed by atoms with Crippen LogP contribution in [-0.2, 0) is 0 Å². The minimum absolute atomic E-state index is 0.140. The van der Waals surface area contributed by atoms with Gasteiger partial charge in [-0.25, -0.2) is 4.39 Å². The van der Waals surface area contributed by atoms with E-state index < -0.39 is 17.1 Å². The molecule has 0 fully saturated rings. The number of aromatic amines is 1. The van der Waals surface area contributed by atoms with Crippen molar-refractivity contribution in [2.24, 2.45) is 0 Å². The average molecular weight is 210 g/mol. The van der Waals surface area contributed by atoms with Crippen LogP contribution in [0.15, 0.2) is 15.6 Å². The van der Waals surface area contributed by atoms with Gasteiger partial charge in [0.25, 0.3) is 5.43 Å². The van der Waals surface area contributed by atoms with Crippen LogP contribution >= 0.6 is 15.9 Å². The summed E-state index contributed by atoms with van der Waals surface area (Å²) in [5.74, 6) is -2.26. The van der Waals surface area contributed by atoms with E-state index in [-0.39, 0.29) is 4.60 Å². The highest BCUT2D eigenvalue weighted by atomic mass is 79.9. The quantitative estimate of drug-likeness (QED) is 0.645. The van der Waals surface area contributed by atoms with Gasteiger partial charge in [0.1, 0.15) is 4.60 Å². The lowest BCUT2D eigenvalue weighted by molar-refractivity contribution is 0.550. The van der Waals surface area contributed by atoms with Crippen LogP contribution < -0.4 is 5.43 Å². The maximum atomic E-state index is 12.4. The predicted octanol–water partition coefficient (Wildman–Crippen LogP) is 1.42. The van der Waals surface area contributed by atoms with Gasteiger partial charge in [-0.1, -0.05) is 0 Å². The molecule has 0 aliphatic rings. The predicted molar refractivity (Wildman–Crippen MR) is 34.7 cm³/mol. The van der Waals surface area contributed by atoms with Gasteiger partial charge in [-0.2, -0.15) is 4.39 Å². The molecule has 54 valence electrons. The van der Waals surface area contributed by atoms with E-state index in [1.54, 1.807) is 0 Å². The first-order valence-corrected chi connectivity index (χ1v) is 3.14. The minimum Gasteiger partial charge on any atom is -0.351 e. The number of halogens is 3. The number of H-pyrrole nitrogens is 1.